The Morgan fingerprint density at radius 2 is 2.29 bits per heavy atom. The average Bonchev–Trinajstić information content (AvgIpc) is 3.17. The molecule has 1 fully saturated rings. The number of rotatable bonds is 5. The first kappa shape index (κ1) is 12.0. The summed E-state index contributed by atoms with van der Waals surface area (Å²) in [5, 5.41) is 2.96. The van der Waals surface area contributed by atoms with Crippen LogP contribution in [0.5, 0.6) is 0 Å². The zero-order chi connectivity index (χ0) is 12.3. The van der Waals surface area contributed by atoms with E-state index in [0.717, 1.165) is 18.5 Å². The third-order valence-corrected chi connectivity index (χ3v) is 3.62. The van der Waals surface area contributed by atoms with Gasteiger partial charge in [0.15, 0.2) is 0 Å². The number of nitrogens with one attached hydrogen (secondary N) is 1. The summed E-state index contributed by atoms with van der Waals surface area (Å²) in [6.45, 7) is 3.39. The SMILES string of the molecule is CCC1(CNC(=O)c2ccc(CN)cn2)CC1. The van der Waals surface area contributed by atoms with Gasteiger partial charge in [0.25, 0.3) is 5.91 Å². The van der Waals surface area contributed by atoms with Crippen LogP contribution in [0.2, 0.25) is 0 Å². The third kappa shape index (κ3) is 2.82. The second-order valence-electron chi connectivity index (χ2n) is 4.79. The minimum absolute atomic E-state index is 0.0895. The van der Waals surface area contributed by atoms with E-state index in [1.807, 2.05) is 6.07 Å². The van der Waals surface area contributed by atoms with Gasteiger partial charge in [-0.3, -0.25) is 9.78 Å². The van der Waals surface area contributed by atoms with Crippen LogP contribution in [-0.2, 0) is 6.54 Å². The third-order valence-electron chi connectivity index (χ3n) is 3.62. The van der Waals surface area contributed by atoms with Crippen molar-refractivity contribution in [1.82, 2.24) is 10.3 Å². The Balaban J connectivity index is 1.90. The van der Waals surface area contributed by atoms with Gasteiger partial charge >= 0.3 is 0 Å². The van der Waals surface area contributed by atoms with E-state index in [1.54, 1.807) is 12.3 Å². The van der Waals surface area contributed by atoms with E-state index in [9.17, 15) is 4.79 Å². The molecule has 1 aromatic heterocycles. The number of nitrogens with zero attached hydrogens (tertiary/aromatic N) is 1. The number of amides is 1. The summed E-state index contributed by atoms with van der Waals surface area (Å²) in [5.74, 6) is -0.0895. The lowest BCUT2D eigenvalue weighted by Crippen LogP contribution is -2.30. The van der Waals surface area contributed by atoms with Crippen molar-refractivity contribution in [3.8, 4) is 0 Å². The van der Waals surface area contributed by atoms with Gasteiger partial charge in [-0.15, -0.1) is 0 Å². The highest BCUT2D eigenvalue weighted by Gasteiger charge is 2.40. The van der Waals surface area contributed by atoms with E-state index in [1.165, 1.54) is 12.8 Å². The van der Waals surface area contributed by atoms with Crippen LogP contribution >= 0.6 is 0 Å². The standard InChI is InChI=1S/C13H19N3O/c1-2-13(5-6-13)9-16-12(17)11-4-3-10(7-14)8-15-11/h3-4,8H,2,5-7,9,14H2,1H3,(H,16,17). The number of hydrogen-bond acceptors (Lipinski definition) is 3. The minimum atomic E-state index is -0.0895. The molecule has 0 atom stereocenters. The zero-order valence-electron chi connectivity index (χ0n) is 10.2. The van der Waals surface area contributed by atoms with Crippen LogP contribution in [-0.4, -0.2) is 17.4 Å². The predicted octanol–water partition coefficient (Wildman–Crippen LogP) is 1.46. The van der Waals surface area contributed by atoms with Crippen molar-refractivity contribution in [2.75, 3.05) is 6.54 Å². The topological polar surface area (TPSA) is 68.0 Å². The maximum atomic E-state index is 11.8. The Morgan fingerprint density at radius 1 is 1.53 bits per heavy atom. The van der Waals surface area contributed by atoms with Gasteiger partial charge < -0.3 is 11.1 Å². The molecule has 0 radical (unpaired) electrons. The van der Waals surface area contributed by atoms with E-state index in [0.29, 0.717) is 17.7 Å². The van der Waals surface area contributed by atoms with Gasteiger partial charge in [-0.05, 0) is 36.3 Å². The van der Waals surface area contributed by atoms with Crippen LogP contribution in [0.3, 0.4) is 0 Å². The summed E-state index contributed by atoms with van der Waals surface area (Å²) in [5.41, 5.74) is 7.25. The number of aromatic nitrogens is 1. The summed E-state index contributed by atoms with van der Waals surface area (Å²) in [4.78, 5) is 15.9. The molecule has 1 aliphatic carbocycles. The molecule has 0 aromatic carbocycles. The molecule has 1 aliphatic rings. The van der Waals surface area contributed by atoms with Crippen molar-refractivity contribution in [2.24, 2.45) is 11.1 Å². The van der Waals surface area contributed by atoms with E-state index in [4.69, 9.17) is 5.73 Å². The lowest BCUT2D eigenvalue weighted by molar-refractivity contribution is 0.0939. The average molecular weight is 233 g/mol. The Morgan fingerprint density at radius 3 is 2.76 bits per heavy atom. The van der Waals surface area contributed by atoms with E-state index >= 15 is 0 Å². The smallest absolute Gasteiger partial charge is 0.269 e. The molecule has 0 saturated heterocycles. The molecule has 1 saturated carbocycles. The van der Waals surface area contributed by atoms with Crippen LogP contribution in [0.15, 0.2) is 18.3 Å². The van der Waals surface area contributed by atoms with Gasteiger partial charge in [0.1, 0.15) is 5.69 Å². The summed E-state index contributed by atoms with van der Waals surface area (Å²) >= 11 is 0. The molecule has 1 amide bonds. The number of carbonyl (C=O) groups excluding carboxylic acids is 1. The van der Waals surface area contributed by atoms with E-state index in [2.05, 4.69) is 17.2 Å². The molecular weight excluding hydrogens is 214 g/mol. The van der Waals surface area contributed by atoms with E-state index < -0.39 is 0 Å². The number of hydrogen-bond donors (Lipinski definition) is 2. The lowest BCUT2D eigenvalue weighted by atomic mass is 10.0. The van der Waals surface area contributed by atoms with Crippen molar-refractivity contribution >= 4 is 5.91 Å². The molecule has 1 heterocycles. The molecule has 92 valence electrons. The molecule has 4 heteroatoms. The summed E-state index contributed by atoms with van der Waals surface area (Å²) in [7, 11) is 0. The van der Waals surface area contributed by atoms with Crippen molar-refractivity contribution in [3.63, 3.8) is 0 Å². The van der Waals surface area contributed by atoms with Crippen LogP contribution in [0.25, 0.3) is 0 Å². The highest BCUT2D eigenvalue weighted by Crippen LogP contribution is 2.47. The fraction of sp³-hybridized carbons (Fsp3) is 0.538. The normalized spacial score (nSPS) is 16.6. The summed E-state index contributed by atoms with van der Waals surface area (Å²) in [6.07, 6.45) is 5.24. The fourth-order valence-corrected chi connectivity index (χ4v) is 1.87. The Labute approximate surface area is 102 Å². The van der Waals surface area contributed by atoms with Crippen LogP contribution in [0.4, 0.5) is 0 Å². The van der Waals surface area contributed by atoms with Crippen molar-refractivity contribution in [2.45, 2.75) is 32.7 Å². The summed E-state index contributed by atoms with van der Waals surface area (Å²) in [6, 6.07) is 3.57. The van der Waals surface area contributed by atoms with Crippen molar-refractivity contribution < 1.29 is 4.79 Å². The predicted molar refractivity (Wildman–Crippen MR) is 66.4 cm³/mol. The summed E-state index contributed by atoms with van der Waals surface area (Å²) < 4.78 is 0. The van der Waals surface area contributed by atoms with Crippen molar-refractivity contribution in [1.29, 1.82) is 0 Å². The molecule has 1 aromatic rings. The zero-order valence-corrected chi connectivity index (χ0v) is 10.2. The van der Waals surface area contributed by atoms with Crippen LogP contribution in [0, 0.1) is 5.41 Å². The molecule has 0 spiro atoms. The van der Waals surface area contributed by atoms with E-state index in [-0.39, 0.29) is 5.91 Å². The second kappa shape index (κ2) is 4.84. The van der Waals surface area contributed by atoms with Gasteiger partial charge in [-0.25, -0.2) is 0 Å². The van der Waals surface area contributed by atoms with Crippen LogP contribution in [0.1, 0.15) is 42.2 Å². The van der Waals surface area contributed by atoms with Gasteiger partial charge in [0.05, 0.1) is 0 Å². The molecule has 0 bridgehead atoms. The molecule has 2 rings (SSSR count). The Kier molecular flexibility index (Phi) is 3.43. The van der Waals surface area contributed by atoms with Gasteiger partial charge in [0.2, 0.25) is 0 Å². The largest absolute Gasteiger partial charge is 0.350 e. The highest BCUT2D eigenvalue weighted by molar-refractivity contribution is 5.92. The maximum Gasteiger partial charge on any atom is 0.269 e. The minimum Gasteiger partial charge on any atom is -0.350 e. The molecule has 4 nitrogen and oxygen atoms in total. The Hall–Kier alpha value is -1.42. The number of carbonyl (C=O) groups is 1. The van der Waals surface area contributed by atoms with Gasteiger partial charge in [-0.1, -0.05) is 13.0 Å². The first-order valence-corrected chi connectivity index (χ1v) is 6.12. The lowest BCUT2D eigenvalue weighted by Gasteiger charge is -2.13. The quantitative estimate of drug-likeness (QED) is 0.809. The molecule has 0 unspecified atom stereocenters. The second-order valence-corrected chi connectivity index (χ2v) is 4.79. The molecular formula is C13H19N3O. The van der Waals surface area contributed by atoms with Crippen molar-refractivity contribution in [3.05, 3.63) is 29.6 Å². The fourth-order valence-electron chi connectivity index (χ4n) is 1.87. The highest BCUT2D eigenvalue weighted by atomic mass is 16.1. The molecule has 17 heavy (non-hydrogen) atoms. The first-order valence-electron chi connectivity index (χ1n) is 6.12. The first-order chi connectivity index (χ1) is 8.19. The van der Waals surface area contributed by atoms with Crippen LogP contribution < -0.4 is 11.1 Å². The maximum absolute atomic E-state index is 11.8. The number of pyridine rings is 1. The molecule has 0 aliphatic heterocycles. The van der Waals surface area contributed by atoms with Gasteiger partial charge in [-0.2, -0.15) is 0 Å². The van der Waals surface area contributed by atoms with Gasteiger partial charge in [0, 0.05) is 19.3 Å². The Bertz CT molecular complexity index is 396. The molecule has 3 N–H and O–H groups in total. The number of nitrogens with two attached hydrogens (primary N) is 1. The monoisotopic (exact) mass is 233 g/mol.